The first kappa shape index (κ1) is 14.3. The number of halogens is 1. The van der Waals surface area contributed by atoms with Gasteiger partial charge in [0, 0.05) is 17.1 Å². The van der Waals surface area contributed by atoms with E-state index < -0.39 is 0 Å². The first-order chi connectivity index (χ1) is 9.24. The van der Waals surface area contributed by atoms with E-state index in [4.69, 9.17) is 4.74 Å². The lowest BCUT2D eigenvalue weighted by atomic mass is 10.2. The number of para-hydroxylation sites is 1. The maximum absolute atomic E-state index is 5.23. The molecule has 0 aromatic heterocycles. The van der Waals surface area contributed by atoms with Crippen molar-refractivity contribution in [3.05, 3.63) is 52.5 Å². The predicted molar refractivity (Wildman–Crippen MR) is 86.2 cm³/mol. The van der Waals surface area contributed by atoms with Crippen LogP contribution in [0.5, 0.6) is 5.75 Å². The van der Waals surface area contributed by atoms with Gasteiger partial charge in [0.25, 0.3) is 0 Å². The van der Waals surface area contributed by atoms with Crippen molar-refractivity contribution < 1.29 is 4.74 Å². The summed E-state index contributed by atoms with van der Waals surface area (Å²) in [6.07, 6.45) is 2.09. The molecule has 0 saturated heterocycles. The zero-order valence-corrected chi connectivity index (χ0v) is 13.3. The van der Waals surface area contributed by atoms with E-state index in [1.165, 1.54) is 16.1 Å². The molecule has 2 aromatic carbocycles. The molecule has 0 aliphatic heterocycles. The van der Waals surface area contributed by atoms with Gasteiger partial charge in [-0.3, -0.25) is 0 Å². The SMILES string of the molecule is COc1ccc(CNc2ccccc2SC)cc1Br. The topological polar surface area (TPSA) is 21.3 Å². The molecule has 0 atom stereocenters. The number of anilines is 1. The van der Waals surface area contributed by atoms with Crippen LogP contribution in [-0.4, -0.2) is 13.4 Å². The van der Waals surface area contributed by atoms with Crippen LogP contribution < -0.4 is 10.1 Å². The molecular formula is C15H16BrNOS. The summed E-state index contributed by atoms with van der Waals surface area (Å²) in [7, 11) is 1.67. The van der Waals surface area contributed by atoms with Crippen LogP contribution in [0.2, 0.25) is 0 Å². The molecule has 2 nitrogen and oxygen atoms in total. The van der Waals surface area contributed by atoms with Gasteiger partial charge in [-0.05, 0) is 52.0 Å². The summed E-state index contributed by atoms with van der Waals surface area (Å²) in [5, 5.41) is 3.46. The molecule has 0 radical (unpaired) electrons. The number of hydrogen-bond acceptors (Lipinski definition) is 3. The standard InChI is InChI=1S/C15H16BrNOS/c1-18-14-8-7-11(9-12(14)16)10-17-13-5-3-4-6-15(13)19-2/h3-9,17H,10H2,1-2H3. The van der Waals surface area contributed by atoms with Gasteiger partial charge < -0.3 is 10.1 Å². The Bertz CT molecular complexity index is 560. The summed E-state index contributed by atoms with van der Waals surface area (Å²) < 4.78 is 6.21. The van der Waals surface area contributed by atoms with Crippen molar-refractivity contribution in [2.24, 2.45) is 0 Å². The van der Waals surface area contributed by atoms with E-state index in [1.54, 1.807) is 18.9 Å². The van der Waals surface area contributed by atoms with Crippen LogP contribution in [0.15, 0.2) is 51.8 Å². The van der Waals surface area contributed by atoms with Crippen LogP contribution in [0.1, 0.15) is 5.56 Å². The monoisotopic (exact) mass is 337 g/mol. The van der Waals surface area contributed by atoms with E-state index in [9.17, 15) is 0 Å². The van der Waals surface area contributed by atoms with Crippen molar-refractivity contribution in [1.29, 1.82) is 0 Å². The lowest BCUT2D eigenvalue weighted by molar-refractivity contribution is 0.412. The highest BCUT2D eigenvalue weighted by atomic mass is 79.9. The third kappa shape index (κ3) is 3.67. The summed E-state index contributed by atoms with van der Waals surface area (Å²) in [4.78, 5) is 1.26. The predicted octanol–water partition coefficient (Wildman–Crippen LogP) is 4.79. The molecule has 0 spiro atoms. The number of ether oxygens (including phenoxy) is 1. The average molecular weight is 338 g/mol. The Morgan fingerprint density at radius 3 is 2.68 bits per heavy atom. The van der Waals surface area contributed by atoms with Crippen LogP contribution in [0.4, 0.5) is 5.69 Å². The lowest BCUT2D eigenvalue weighted by Gasteiger charge is -2.11. The Morgan fingerprint density at radius 1 is 1.21 bits per heavy atom. The normalized spacial score (nSPS) is 10.3. The molecule has 0 aliphatic carbocycles. The maximum Gasteiger partial charge on any atom is 0.133 e. The van der Waals surface area contributed by atoms with Crippen molar-refractivity contribution in [1.82, 2.24) is 0 Å². The van der Waals surface area contributed by atoms with Crippen LogP contribution >= 0.6 is 27.7 Å². The molecule has 19 heavy (non-hydrogen) atoms. The number of hydrogen-bond donors (Lipinski definition) is 1. The molecule has 0 aliphatic rings. The van der Waals surface area contributed by atoms with Gasteiger partial charge in [-0.2, -0.15) is 0 Å². The zero-order chi connectivity index (χ0) is 13.7. The molecule has 2 rings (SSSR count). The number of rotatable bonds is 5. The molecule has 0 bridgehead atoms. The van der Waals surface area contributed by atoms with E-state index in [2.05, 4.69) is 57.8 Å². The van der Waals surface area contributed by atoms with Crippen LogP contribution in [-0.2, 0) is 6.54 Å². The Hall–Kier alpha value is -1.13. The first-order valence-electron chi connectivity index (χ1n) is 5.94. The summed E-state index contributed by atoms with van der Waals surface area (Å²) in [5.41, 5.74) is 2.38. The molecule has 0 fully saturated rings. The van der Waals surface area contributed by atoms with Gasteiger partial charge in [-0.1, -0.05) is 18.2 Å². The van der Waals surface area contributed by atoms with Crippen molar-refractivity contribution in [2.45, 2.75) is 11.4 Å². The molecule has 100 valence electrons. The summed E-state index contributed by atoms with van der Waals surface area (Å²) in [6, 6.07) is 14.4. The molecule has 0 heterocycles. The molecule has 0 unspecified atom stereocenters. The third-order valence-corrected chi connectivity index (χ3v) is 4.22. The van der Waals surface area contributed by atoms with Gasteiger partial charge >= 0.3 is 0 Å². The zero-order valence-electron chi connectivity index (χ0n) is 10.9. The minimum absolute atomic E-state index is 0.792. The van der Waals surface area contributed by atoms with Crippen molar-refractivity contribution >= 4 is 33.4 Å². The highest BCUT2D eigenvalue weighted by Crippen LogP contribution is 2.27. The van der Waals surface area contributed by atoms with Crippen molar-refractivity contribution in [2.75, 3.05) is 18.7 Å². The van der Waals surface area contributed by atoms with Gasteiger partial charge in [0.15, 0.2) is 0 Å². The number of methoxy groups -OCH3 is 1. The fraction of sp³-hybridized carbons (Fsp3) is 0.200. The van der Waals surface area contributed by atoms with Crippen LogP contribution in [0.25, 0.3) is 0 Å². The molecule has 1 N–H and O–H groups in total. The van der Waals surface area contributed by atoms with E-state index in [1.807, 2.05) is 12.1 Å². The second-order valence-corrected chi connectivity index (χ2v) is 5.73. The Labute approximate surface area is 126 Å². The minimum atomic E-state index is 0.792. The number of thioether (sulfide) groups is 1. The molecule has 0 saturated carbocycles. The van der Waals surface area contributed by atoms with Gasteiger partial charge in [-0.15, -0.1) is 11.8 Å². The third-order valence-electron chi connectivity index (χ3n) is 2.81. The maximum atomic E-state index is 5.23. The van der Waals surface area contributed by atoms with Gasteiger partial charge in [0.2, 0.25) is 0 Å². The average Bonchev–Trinajstić information content (AvgIpc) is 2.45. The number of nitrogens with one attached hydrogen (secondary N) is 1. The Balaban J connectivity index is 2.08. The second kappa shape index (κ2) is 6.87. The fourth-order valence-corrected chi connectivity index (χ4v) is 2.97. The summed E-state index contributed by atoms with van der Waals surface area (Å²) >= 11 is 5.25. The quantitative estimate of drug-likeness (QED) is 0.792. The minimum Gasteiger partial charge on any atom is -0.496 e. The van der Waals surface area contributed by atoms with E-state index in [0.717, 1.165) is 16.8 Å². The van der Waals surface area contributed by atoms with E-state index in [-0.39, 0.29) is 0 Å². The largest absolute Gasteiger partial charge is 0.496 e. The molecule has 4 heteroatoms. The highest BCUT2D eigenvalue weighted by molar-refractivity contribution is 9.10. The summed E-state index contributed by atoms with van der Waals surface area (Å²) in [5.74, 6) is 0.855. The first-order valence-corrected chi connectivity index (χ1v) is 7.95. The van der Waals surface area contributed by atoms with E-state index >= 15 is 0 Å². The van der Waals surface area contributed by atoms with Crippen molar-refractivity contribution in [3.8, 4) is 5.75 Å². The van der Waals surface area contributed by atoms with Gasteiger partial charge in [0.05, 0.1) is 11.6 Å². The second-order valence-electron chi connectivity index (χ2n) is 4.02. The molecular weight excluding hydrogens is 322 g/mol. The van der Waals surface area contributed by atoms with Crippen molar-refractivity contribution in [3.63, 3.8) is 0 Å². The van der Waals surface area contributed by atoms with Gasteiger partial charge in [-0.25, -0.2) is 0 Å². The Kier molecular flexibility index (Phi) is 5.16. The van der Waals surface area contributed by atoms with E-state index in [0.29, 0.717) is 0 Å². The molecule has 2 aromatic rings. The Morgan fingerprint density at radius 2 is 2.00 bits per heavy atom. The highest BCUT2D eigenvalue weighted by Gasteiger charge is 2.03. The summed E-state index contributed by atoms with van der Waals surface area (Å²) in [6.45, 7) is 0.792. The lowest BCUT2D eigenvalue weighted by Crippen LogP contribution is -2.00. The van der Waals surface area contributed by atoms with Gasteiger partial charge in [0.1, 0.15) is 5.75 Å². The van der Waals surface area contributed by atoms with Crippen LogP contribution in [0, 0.1) is 0 Å². The number of benzene rings is 2. The fourth-order valence-electron chi connectivity index (χ4n) is 1.81. The molecule has 0 amide bonds. The van der Waals surface area contributed by atoms with Crippen LogP contribution in [0.3, 0.4) is 0 Å². The smallest absolute Gasteiger partial charge is 0.133 e.